The molecule has 1 saturated heterocycles. The van der Waals surface area contributed by atoms with Gasteiger partial charge in [-0.15, -0.1) is 0 Å². The average molecular weight is 250 g/mol. The molecule has 2 unspecified atom stereocenters. The maximum absolute atomic E-state index is 11.5. The summed E-state index contributed by atoms with van der Waals surface area (Å²) in [7, 11) is 0. The summed E-state index contributed by atoms with van der Waals surface area (Å²) in [5.41, 5.74) is 0. The van der Waals surface area contributed by atoms with Gasteiger partial charge in [-0.2, -0.15) is 0 Å². The second-order valence-electron chi connectivity index (χ2n) is 3.94. The summed E-state index contributed by atoms with van der Waals surface area (Å²) in [6, 6.07) is 7.85. The average Bonchev–Trinajstić information content (AvgIpc) is 2.41. The Kier molecular flexibility index (Phi) is 3.78. The number of benzene rings is 1. The van der Waals surface area contributed by atoms with Crippen LogP contribution in [0, 0.1) is 0 Å². The van der Waals surface area contributed by atoms with Crippen LogP contribution in [0.25, 0.3) is 0 Å². The second kappa shape index (κ2) is 5.50. The Morgan fingerprint density at radius 3 is 2.72 bits per heavy atom. The van der Waals surface area contributed by atoms with Crippen LogP contribution in [-0.4, -0.2) is 42.2 Å². The first-order valence-corrected chi connectivity index (χ1v) is 5.59. The maximum atomic E-state index is 11.5. The minimum Gasteiger partial charge on any atom is -0.484 e. The van der Waals surface area contributed by atoms with Crippen molar-refractivity contribution in [2.45, 2.75) is 12.1 Å². The predicted molar refractivity (Wildman–Crippen MR) is 62.9 cm³/mol. The molecule has 1 fully saturated rings. The summed E-state index contributed by atoms with van der Waals surface area (Å²) >= 11 is 0. The van der Waals surface area contributed by atoms with Gasteiger partial charge in [0, 0.05) is 0 Å². The van der Waals surface area contributed by atoms with Crippen LogP contribution in [0.15, 0.2) is 30.3 Å². The van der Waals surface area contributed by atoms with Gasteiger partial charge in [0.05, 0.1) is 12.6 Å². The SMILES string of the molecule is O=C(COc1ccccc1)NC1C(=O)NC1CO. The zero-order valence-electron chi connectivity index (χ0n) is 9.63. The molecule has 96 valence electrons. The topological polar surface area (TPSA) is 87.7 Å². The molecule has 3 N–H and O–H groups in total. The molecule has 0 aliphatic carbocycles. The van der Waals surface area contributed by atoms with Crippen LogP contribution in [0.4, 0.5) is 0 Å². The van der Waals surface area contributed by atoms with Gasteiger partial charge in [-0.05, 0) is 12.1 Å². The molecule has 0 radical (unpaired) electrons. The smallest absolute Gasteiger partial charge is 0.258 e. The summed E-state index contributed by atoms with van der Waals surface area (Å²) < 4.78 is 5.24. The number of para-hydroxylation sites is 1. The lowest BCUT2D eigenvalue weighted by atomic mass is 10.00. The third-order valence-corrected chi connectivity index (χ3v) is 2.64. The van der Waals surface area contributed by atoms with Crippen molar-refractivity contribution in [3.05, 3.63) is 30.3 Å². The summed E-state index contributed by atoms with van der Waals surface area (Å²) in [6.45, 7) is -0.359. The number of aliphatic hydroxyl groups is 1. The minimum absolute atomic E-state index is 0.161. The van der Waals surface area contributed by atoms with Crippen molar-refractivity contribution in [3.63, 3.8) is 0 Å². The molecule has 0 aromatic heterocycles. The van der Waals surface area contributed by atoms with Crippen molar-refractivity contribution in [3.8, 4) is 5.75 Å². The zero-order valence-corrected chi connectivity index (χ0v) is 9.63. The van der Waals surface area contributed by atoms with Crippen LogP contribution < -0.4 is 15.4 Å². The van der Waals surface area contributed by atoms with Crippen molar-refractivity contribution in [2.24, 2.45) is 0 Å². The van der Waals surface area contributed by atoms with Crippen LogP contribution in [0.2, 0.25) is 0 Å². The Balaban J connectivity index is 1.77. The highest BCUT2D eigenvalue weighted by atomic mass is 16.5. The second-order valence-corrected chi connectivity index (χ2v) is 3.94. The molecule has 1 aromatic rings. The Bertz CT molecular complexity index is 435. The molecule has 0 bridgehead atoms. The van der Waals surface area contributed by atoms with Crippen molar-refractivity contribution >= 4 is 11.8 Å². The number of ether oxygens (including phenoxy) is 1. The number of hydrogen-bond acceptors (Lipinski definition) is 4. The molecule has 6 heteroatoms. The highest BCUT2D eigenvalue weighted by Gasteiger charge is 2.39. The summed E-state index contributed by atoms with van der Waals surface area (Å²) in [5, 5.41) is 13.9. The quantitative estimate of drug-likeness (QED) is 0.587. The number of β-lactam (4-membered cyclic amide) rings is 1. The number of aliphatic hydroxyl groups excluding tert-OH is 1. The standard InChI is InChI=1S/C12H14N2O4/c15-6-9-11(12(17)13-9)14-10(16)7-18-8-4-2-1-3-5-8/h1-5,9,11,15H,6-7H2,(H,13,17)(H,14,16). The third-order valence-electron chi connectivity index (χ3n) is 2.64. The van der Waals surface area contributed by atoms with Gasteiger partial charge < -0.3 is 20.5 Å². The fourth-order valence-corrected chi connectivity index (χ4v) is 1.64. The van der Waals surface area contributed by atoms with E-state index >= 15 is 0 Å². The summed E-state index contributed by atoms with van der Waals surface area (Å²) in [4.78, 5) is 22.7. The molecule has 18 heavy (non-hydrogen) atoms. The number of carbonyl (C=O) groups excluding carboxylic acids is 2. The third kappa shape index (κ3) is 2.78. The number of nitrogens with one attached hydrogen (secondary N) is 2. The van der Waals surface area contributed by atoms with Crippen molar-refractivity contribution in [1.82, 2.24) is 10.6 Å². The van der Waals surface area contributed by atoms with Gasteiger partial charge in [0.15, 0.2) is 6.61 Å². The van der Waals surface area contributed by atoms with Gasteiger partial charge in [0.1, 0.15) is 11.8 Å². The molecular formula is C12H14N2O4. The number of carbonyl (C=O) groups is 2. The van der Waals surface area contributed by atoms with Crippen molar-refractivity contribution in [2.75, 3.05) is 13.2 Å². The first kappa shape index (κ1) is 12.4. The molecular weight excluding hydrogens is 236 g/mol. The van der Waals surface area contributed by atoms with Gasteiger partial charge in [-0.3, -0.25) is 9.59 Å². The first-order chi connectivity index (χ1) is 8.70. The van der Waals surface area contributed by atoms with E-state index in [1.54, 1.807) is 24.3 Å². The van der Waals surface area contributed by atoms with E-state index in [1.807, 2.05) is 6.07 Å². The molecule has 1 aromatic carbocycles. The molecule has 0 spiro atoms. The Morgan fingerprint density at radius 1 is 1.39 bits per heavy atom. The highest BCUT2D eigenvalue weighted by molar-refractivity contribution is 5.93. The molecule has 2 amide bonds. The van der Waals surface area contributed by atoms with Crippen LogP contribution in [0.1, 0.15) is 0 Å². The Hall–Kier alpha value is -2.08. The highest BCUT2D eigenvalue weighted by Crippen LogP contribution is 2.08. The fourth-order valence-electron chi connectivity index (χ4n) is 1.64. The fraction of sp³-hybridized carbons (Fsp3) is 0.333. The molecule has 6 nitrogen and oxygen atoms in total. The van der Waals surface area contributed by atoms with E-state index in [9.17, 15) is 9.59 Å². The molecule has 1 aliphatic heterocycles. The number of hydrogen-bond donors (Lipinski definition) is 3. The summed E-state index contributed by atoms with van der Waals surface area (Å²) in [5.74, 6) is -0.0938. The van der Waals surface area contributed by atoms with E-state index in [-0.39, 0.29) is 19.1 Å². The first-order valence-electron chi connectivity index (χ1n) is 5.59. The Morgan fingerprint density at radius 2 is 2.11 bits per heavy atom. The number of amides is 2. The summed E-state index contributed by atoms with van der Waals surface area (Å²) in [6.07, 6.45) is 0. The van der Waals surface area contributed by atoms with E-state index in [2.05, 4.69) is 10.6 Å². The van der Waals surface area contributed by atoms with E-state index in [1.165, 1.54) is 0 Å². The molecule has 1 aliphatic rings. The lowest BCUT2D eigenvalue weighted by Crippen LogP contribution is -2.70. The molecule has 2 rings (SSSR count). The van der Waals surface area contributed by atoms with Crippen LogP contribution in [0.5, 0.6) is 5.75 Å². The van der Waals surface area contributed by atoms with Crippen LogP contribution in [-0.2, 0) is 9.59 Å². The van der Waals surface area contributed by atoms with E-state index in [4.69, 9.17) is 9.84 Å². The van der Waals surface area contributed by atoms with Gasteiger partial charge in [-0.25, -0.2) is 0 Å². The van der Waals surface area contributed by atoms with Crippen molar-refractivity contribution < 1.29 is 19.4 Å². The zero-order chi connectivity index (χ0) is 13.0. The number of rotatable bonds is 5. The predicted octanol–water partition coefficient (Wildman–Crippen LogP) is -0.959. The van der Waals surface area contributed by atoms with E-state index < -0.39 is 18.0 Å². The molecule has 2 atom stereocenters. The van der Waals surface area contributed by atoms with Gasteiger partial charge in [-0.1, -0.05) is 18.2 Å². The van der Waals surface area contributed by atoms with Gasteiger partial charge in [0.25, 0.3) is 5.91 Å². The van der Waals surface area contributed by atoms with E-state index in [0.29, 0.717) is 5.75 Å². The Labute approximate surface area is 104 Å². The monoisotopic (exact) mass is 250 g/mol. The van der Waals surface area contributed by atoms with E-state index in [0.717, 1.165) is 0 Å². The minimum atomic E-state index is -0.665. The van der Waals surface area contributed by atoms with Gasteiger partial charge >= 0.3 is 0 Å². The van der Waals surface area contributed by atoms with Crippen LogP contribution >= 0.6 is 0 Å². The molecule has 0 saturated carbocycles. The molecule has 1 heterocycles. The van der Waals surface area contributed by atoms with Crippen molar-refractivity contribution in [1.29, 1.82) is 0 Å². The largest absolute Gasteiger partial charge is 0.484 e. The van der Waals surface area contributed by atoms with Crippen LogP contribution in [0.3, 0.4) is 0 Å². The maximum Gasteiger partial charge on any atom is 0.258 e. The lowest BCUT2D eigenvalue weighted by molar-refractivity contribution is -0.137. The van der Waals surface area contributed by atoms with Gasteiger partial charge in [0.2, 0.25) is 5.91 Å². The normalized spacial score (nSPS) is 21.7. The lowest BCUT2D eigenvalue weighted by Gasteiger charge is -2.35.